The van der Waals surface area contributed by atoms with Crippen LogP contribution in [0.1, 0.15) is 44.7 Å². The predicted octanol–water partition coefficient (Wildman–Crippen LogP) is 4.92. The third-order valence-corrected chi connectivity index (χ3v) is 8.60. The van der Waals surface area contributed by atoms with E-state index in [1.807, 2.05) is 52.0 Å². The summed E-state index contributed by atoms with van der Waals surface area (Å²) in [5, 5.41) is 2.99. The number of amides is 2. The maximum absolute atomic E-state index is 14.1. The molecule has 0 aliphatic rings. The van der Waals surface area contributed by atoms with E-state index in [2.05, 4.69) is 5.32 Å². The van der Waals surface area contributed by atoms with Crippen molar-refractivity contribution in [1.82, 2.24) is 10.2 Å². The second-order valence-electron chi connectivity index (χ2n) is 9.78. The number of carbonyl (C=O) groups is 2. The van der Waals surface area contributed by atoms with Crippen molar-refractivity contribution in [3.05, 3.63) is 90.0 Å². The molecule has 0 spiro atoms. The van der Waals surface area contributed by atoms with Gasteiger partial charge in [0, 0.05) is 18.7 Å². The number of sulfonamides is 1. The van der Waals surface area contributed by atoms with Crippen LogP contribution in [0.5, 0.6) is 5.75 Å². The molecule has 0 saturated heterocycles. The van der Waals surface area contributed by atoms with E-state index < -0.39 is 28.5 Å². The molecule has 1 N–H and O–H groups in total. The molecule has 9 heteroatoms. The summed E-state index contributed by atoms with van der Waals surface area (Å²) in [7, 11) is -2.64. The maximum Gasteiger partial charge on any atom is 0.264 e. The molecule has 0 radical (unpaired) electrons. The number of carbonyl (C=O) groups excluding carboxylic acids is 2. The second-order valence-corrected chi connectivity index (χ2v) is 11.6. The third kappa shape index (κ3) is 7.63. The Morgan fingerprint density at radius 2 is 1.60 bits per heavy atom. The number of nitrogens with zero attached hydrogens (tertiary/aromatic N) is 2. The Morgan fingerprint density at radius 3 is 2.20 bits per heavy atom. The van der Waals surface area contributed by atoms with E-state index in [9.17, 15) is 18.0 Å². The largest absolute Gasteiger partial charge is 0.497 e. The van der Waals surface area contributed by atoms with E-state index in [-0.39, 0.29) is 29.1 Å². The van der Waals surface area contributed by atoms with Crippen LogP contribution in [-0.4, -0.2) is 50.9 Å². The first-order chi connectivity index (χ1) is 19.1. The van der Waals surface area contributed by atoms with Gasteiger partial charge in [-0.05, 0) is 56.5 Å². The van der Waals surface area contributed by atoms with Gasteiger partial charge in [-0.25, -0.2) is 8.42 Å². The molecule has 2 atom stereocenters. The van der Waals surface area contributed by atoms with Crippen molar-refractivity contribution in [3.8, 4) is 5.75 Å². The molecule has 0 unspecified atom stereocenters. The molecule has 8 nitrogen and oxygen atoms in total. The minimum Gasteiger partial charge on any atom is -0.497 e. The van der Waals surface area contributed by atoms with Crippen LogP contribution in [0.25, 0.3) is 0 Å². The minimum atomic E-state index is -4.13. The van der Waals surface area contributed by atoms with Crippen molar-refractivity contribution in [2.75, 3.05) is 18.0 Å². The molecule has 0 saturated carbocycles. The summed E-state index contributed by atoms with van der Waals surface area (Å²) in [6, 6.07) is 21.4. The molecular formula is C31H39N3O5S. The van der Waals surface area contributed by atoms with Gasteiger partial charge in [-0.2, -0.15) is 0 Å². The van der Waals surface area contributed by atoms with E-state index in [1.165, 1.54) is 24.1 Å². The molecule has 2 amide bonds. The topological polar surface area (TPSA) is 96.0 Å². The number of ether oxygens (including phenoxy) is 1. The van der Waals surface area contributed by atoms with Gasteiger partial charge in [0.2, 0.25) is 11.8 Å². The van der Waals surface area contributed by atoms with Gasteiger partial charge in [0.15, 0.2) is 0 Å². The molecule has 3 aromatic rings. The lowest BCUT2D eigenvalue weighted by Crippen LogP contribution is -2.53. The molecule has 214 valence electrons. The first-order valence-electron chi connectivity index (χ1n) is 13.5. The first kappa shape index (κ1) is 30.7. The molecule has 3 rings (SSSR count). The van der Waals surface area contributed by atoms with Gasteiger partial charge in [-0.1, -0.05) is 67.9 Å². The van der Waals surface area contributed by atoms with Gasteiger partial charge < -0.3 is 15.0 Å². The SMILES string of the molecule is CC[C@H](C)NC(=O)[C@H](CC)N(Cc1ccc(C)cc1)C(=O)CN(c1cccc(OC)c1)S(=O)(=O)c1ccccc1. The highest BCUT2D eigenvalue weighted by Gasteiger charge is 2.34. The van der Waals surface area contributed by atoms with Crippen LogP contribution in [0.15, 0.2) is 83.8 Å². The van der Waals surface area contributed by atoms with Gasteiger partial charge in [-0.3, -0.25) is 13.9 Å². The van der Waals surface area contributed by atoms with E-state index in [0.717, 1.165) is 21.9 Å². The Balaban J connectivity index is 2.06. The lowest BCUT2D eigenvalue weighted by atomic mass is 10.1. The van der Waals surface area contributed by atoms with Crippen LogP contribution in [0.2, 0.25) is 0 Å². The van der Waals surface area contributed by atoms with Gasteiger partial charge >= 0.3 is 0 Å². The number of nitrogens with one attached hydrogen (secondary N) is 1. The molecule has 40 heavy (non-hydrogen) atoms. The van der Waals surface area contributed by atoms with Crippen LogP contribution in [0, 0.1) is 6.92 Å². The Kier molecular flexibility index (Phi) is 10.7. The summed E-state index contributed by atoms with van der Waals surface area (Å²) in [6.07, 6.45) is 1.11. The lowest BCUT2D eigenvalue weighted by Gasteiger charge is -2.33. The summed E-state index contributed by atoms with van der Waals surface area (Å²) in [5.74, 6) is -0.306. The fourth-order valence-electron chi connectivity index (χ4n) is 4.26. The Morgan fingerprint density at radius 1 is 0.925 bits per heavy atom. The molecular weight excluding hydrogens is 526 g/mol. The lowest BCUT2D eigenvalue weighted by molar-refractivity contribution is -0.140. The quantitative estimate of drug-likeness (QED) is 0.317. The number of benzene rings is 3. The first-order valence-corrected chi connectivity index (χ1v) is 14.9. The van der Waals surface area contributed by atoms with Gasteiger partial charge in [-0.15, -0.1) is 0 Å². The summed E-state index contributed by atoms with van der Waals surface area (Å²) in [4.78, 5) is 29.0. The smallest absolute Gasteiger partial charge is 0.264 e. The molecule has 0 aliphatic carbocycles. The number of hydrogen-bond donors (Lipinski definition) is 1. The summed E-state index contributed by atoms with van der Waals surface area (Å²) in [6.45, 7) is 7.36. The minimum absolute atomic E-state index is 0.0530. The van der Waals surface area contributed by atoms with E-state index in [0.29, 0.717) is 12.2 Å². The second kappa shape index (κ2) is 14.0. The van der Waals surface area contributed by atoms with Crippen molar-refractivity contribution >= 4 is 27.5 Å². The Labute approximate surface area is 238 Å². The fourth-order valence-corrected chi connectivity index (χ4v) is 5.69. The number of rotatable bonds is 13. The van der Waals surface area contributed by atoms with Gasteiger partial charge in [0.25, 0.3) is 10.0 Å². The number of aryl methyl sites for hydroxylation is 1. The molecule has 0 aromatic heterocycles. The van der Waals surface area contributed by atoms with Crippen LogP contribution in [0.3, 0.4) is 0 Å². The van der Waals surface area contributed by atoms with Crippen LogP contribution in [0.4, 0.5) is 5.69 Å². The zero-order chi connectivity index (χ0) is 29.3. The van der Waals surface area contributed by atoms with E-state index >= 15 is 0 Å². The highest BCUT2D eigenvalue weighted by molar-refractivity contribution is 7.92. The summed E-state index contributed by atoms with van der Waals surface area (Å²) >= 11 is 0. The van der Waals surface area contributed by atoms with E-state index in [1.54, 1.807) is 42.5 Å². The summed E-state index contributed by atoms with van der Waals surface area (Å²) in [5.41, 5.74) is 2.19. The Hall–Kier alpha value is -3.85. The average Bonchev–Trinajstić information content (AvgIpc) is 2.96. The molecule has 3 aromatic carbocycles. The number of anilines is 1. The van der Waals surface area contributed by atoms with E-state index in [4.69, 9.17) is 4.74 Å². The fraction of sp³-hybridized carbons (Fsp3) is 0.355. The highest BCUT2D eigenvalue weighted by atomic mass is 32.2. The van der Waals surface area contributed by atoms with Crippen LogP contribution in [-0.2, 0) is 26.2 Å². The van der Waals surface area contributed by atoms with Crippen LogP contribution < -0.4 is 14.4 Å². The molecule has 0 aliphatic heterocycles. The predicted molar refractivity (Wildman–Crippen MR) is 158 cm³/mol. The third-order valence-electron chi connectivity index (χ3n) is 6.81. The molecule has 0 bridgehead atoms. The monoisotopic (exact) mass is 565 g/mol. The summed E-state index contributed by atoms with van der Waals surface area (Å²) < 4.78 is 34.2. The van der Waals surface area contributed by atoms with Crippen molar-refractivity contribution in [1.29, 1.82) is 0 Å². The average molecular weight is 566 g/mol. The van der Waals surface area contributed by atoms with Gasteiger partial charge in [0.05, 0.1) is 17.7 Å². The number of hydrogen-bond acceptors (Lipinski definition) is 5. The molecule has 0 fully saturated rings. The molecule has 0 heterocycles. The normalized spacial score (nSPS) is 12.7. The van der Waals surface area contributed by atoms with Crippen molar-refractivity contribution in [2.24, 2.45) is 0 Å². The standard InChI is InChI=1S/C31H39N3O5S/c1-6-24(4)32-31(36)29(7-2)33(21-25-18-16-23(3)17-19-25)30(35)22-34(26-12-11-13-27(20-26)39-5)40(37,38)28-14-9-8-10-15-28/h8-20,24,29H,6-7,21-22H2,1-5H3,(H,32,36)/t24-,29-/m0/s1. The Bertz CT molecular complexity index is 1380. The zero-order valence-corrected chi connectivity index (χ0v) is 24.6. The van der Waals surface area contributed by atoms with Gasteiger partial charge in [0.1, 0.15) is 18.3 Å². The van der Waals surface area contributed by atoms with Crippen LogP contribution >= 0.6 is 0 Å². The van der Waals surface area contributed by atoms with Crippen molar-refractivity contribution in [3.63, 3.8) is 0 Å². The highest BCUT2D eigenvalue weighted by Crippen LogP contribution is 2.27. The van der Waals surface area contributed by atoms with Crippen molar-refractivity contribution in [2.45, 2.75) is 64.1 Å². The van der Waals surface area contributed by atoms with Crippen molar-refractivity contribution < 1.29 is 22.7 Å². The maximum atomic E-state index is 14.1. The zero-order valence-electron chi connectivity index (χ0n) is 23.8. The number of methoxy groups -OCH3 is 1.